The van der Waals surface area contributed by atoms with E-state index in [9.17, 15) is 8.42 Å². The molecule has 0 aliphatic heterocycles. The Morgan fingerprint density at radius 2 is 1.86 bits per heavy atom. The van der Waals surface area contributed by atoms with Crippen molar-refractivity contribution in [2.24, 2.45) is 5.73 Å². The number of nitrogens with two attached hydrogens (primary N) is 1. The van der Waals surface area contributed by atoms with Gasteiger partial charge in [0.2, 0.25) is 10.0 Å². The number of unbranched alkanes of at least 4 members (excludes halogenated alkanes) is 1. The quantitative estimate of drug-likeness (QED) is 0.643. The molecule has 1 rings (SSSR count). The third-order valence-electron chi connectivity index (χ3n) is 2.68. The normalized spacial score (nSPS) is 18.9. The van der Waals surface area contributed by atoms with Crippen molar-refractivity contribution in [1.82, 2.24) is 4.72 Å². The first-order chi connectivity index (χ1) is 6.67. The molecule has 1 fully saturated rings. The van der Waals surface area contributed by atoms with Crippen LogP contribution in [0.1, 0.15) is 38.5 Å². The lowest BCUT2D eigenvalue weighted by Gasteiger charge is -2.11. The number of sulfonamides is 1. The Bertz CT molecular complexity index is 246. The maximum Gasteiger partial charge on any atom is 0.214 e. The van der Waals surface area contributed by atoms with E-state index >= 15 is 0 Å². The Kier molecular flexibility index (Phi) is 4.84. The number of nitrogens with one attached hydrogen (secondary N) is 1. The van der Waals surface area contributed by atoms with Crippen LogP contribution in [-0.4, -0.2) is 26.8 Å². The Morgan fingerprint density at radius 1 is 1.21 bits per heavy atom. The molecule has 4 nitrogen and oxygen atoms in total. The second-order valence-corrected chi connectivity index (χ2v) is 5.89. The lowest BCUT2D eigenvalue weighted by molar-refractivity contribution is 0.560. The largest absolute Gasteiger partial charge is 0.330 e. The first-order valence-electron chi connectivity index (χ1n) is 5.35. The molecule has 0 bridgehead atoms. The van der Waals surface area contributed by atoms with E-state index in [1.54, 1.807) is 0 Å². The minimum absolute atomic E-state index is 0.139. The fraction of sp³-hybridized carbons (Fsp3) is 1.00. The smallest absolute Gasteiger partial charge is 0.214 e. The van der Waals surface area contributed by atoms with Gasteiger partial charge in [0.05, 0.1) is 5.25 Å². The van der Waals surface area contributed by atoms with Crippen LogP contribution in [-0.2, 0) is 10.0 Å². The summed E-state index contributed by atoms with van der Waals surface area (Å²) in [4.78, 5) is 0. The molecule has 1 aliphatic rings. The summed E-state index contributed by atoms with van der Waals surface area (Å²) in [6, 6.07) is 0. The molecule has 0 radical (unpaired) electrons. The van der Waals surface area contributed by atoms with Gasteiger partial charge >= 0.3 is 0 Å². The predicted molar refractivity (Wildman–Crippen MR) is 57.5 cm³/mol. The van der Waals surface area contributed by atoms with E-state index in [-0.39, 0.29) is 5.25 Å². The molecule has 1 saturated carbocycles. The fourth-order valence-electron chi connectivity index (χ4n) is 1.80. The molecule has 0 aromatic carbocycles. The molecule has 0 unspecified atom stereocenters. The van der Waals surface area contributed by atoms with Gasteiger partial charge in [0.15, 0.2) is 0 Å². The molecule has 0 heterocycles. The maximum atomic E-state index is 11.7. The summed E-state index contributed by atoms with van der Waals surface area (Å²) >= 11 is 0. The molecule has 5 heteroatoms. The van der Waals surface area contributed by atoms with Crippen molar-refractivity contribution in [3.05, 3.63) is 0 Å². The van der Waals surface area contributed by atoms with E-state index in [0.717, 1.165) is 38.5 Å². The zero-order chi connectivity index (χ0) is 10.4. The van der Waals surface area contributed by atoms with Gasteiger partial charge in [-0.3, -0.25) is 0 Å². The van der Waals surface area contributed by atoms with Crippen molar-refractivity contribution in [2.45, 2.75) is 43.8 Å². The third-order valence-corrected chi connectivity index (χ3v) is 4.63. The topological polar surface area (TPSA) is 72.2 Å². The average molecular weight is 220 g/mol. The van der Waals surface area contributed by atoms with Gasteiger partial charge in [0, 0.05) is 6.54 Å². The second-order valence-electron chi connectivity index (χ2n) is 3.84. The van der Waals surface area contributed by atoms with E-state index < -0.39 is 10.0 Å². The Morgan fingerprint density at radius 3 is 2.43 bits per heavy atom. The predicted octanol–water partition coefficient (Wildman–Crippen LogP) is 0.587. The molecule has 84 valence electrons. The van der Waals surface area contributed by atoms with Crippen LogP contribution in [0.15, 0.2) is 0 Å². The second kappa shape index (κ2) is 5.68. The van der Waals surface area contributed by atoms with Crippen molar-refractivity contribution in [3.8, 4) is 0 Å². The number of hydrogen-bond acceptors (Lipinski definition) is 3. The first kappa shape index (κ1) is 11.9. The summed E-state index contributed by atoms with van der Waals surface area (Å²) in [6.45, 7) is 1.17. The van der Waals surface area contributed by atoms with Crippen LogP contribution in [0.25, 0.3) is 0 Å². The van der Waals surface area contributed by atoms with Gasteiger partial charge in [-0.15, -0.1) is 0 Å². The van der Waals surface area contributed by atoms with Crippen LogP contribution in [0.5, 0.6) is 0 Å². The van der Waals surface area contributed by atoms with Gasteiger partial charge in [-0.2, -0.15) is 0 Å². The lowest BCUT2D eigenvalue weighted by atomic mass is 10.3. The van der Waals surface area contributed by atoms with Crippen molar-refractivity contribution >= 4 is 10.0 Å². The van der Waals surface area contributed by atoms with Crippen LogP contribution < -0.4 is 10.5 Å². The number of rotatable bonds is 6. The molecule has 0 amide bonds. The summed E-state index contributed by atoms with van der Waals surface area (Å²) in [5.41, 5.74) is 5.32. The highest BCUT2D eigenvalue weighted by Gasteiger charge is 2.27. The summed E-state index contributed by atoms with van der Waals surface area (Å²) < 4.78 is 26.0. The van der Waals surface area contributed by atoms with Crippen LogP contribution in [0.2, 0.25) is 0 Å². The Labute approximate surface area is 86.3 Å². The molecule has 0 atom stereocenters. The van der Waals surface area contributed by atoms with E-state index in [1.807, 2.05) is 0 Å². The average Bonchev–Trinajstić information content (AvgIpc) is 2.65. The standard InChI is InChI=1S/C9H20N2O2S/c10-7-3-4-8-11-14(12,13)9-5-1-2-6-9/h9,11H,1-8,10H2. The van der Waals surface area contributed by atoms with Crippen molar-refractivity contribution < 1.29 is 8.42 Å². The molecule has 1 aliphatic carbocycles. The van der Waals surface area contributed by atoms with Crippen LogP contribution in [0.4, 0.5) is 0 Å². The minimum Gasteiger partial charge on any atom is -0.330 e. The zero-order valence-electron chi connectivity index (χ0n) is 8.54. The molecule has 0 aromatic rings. The van der Waals surface area contributed by atoms with E-state index in [4.69, 9.17) is 5.73 Å². The van der Waals surface area contributed by atoms with Gasteiger partial charge in [-0.05, 0) is 32.2 Å². The number of hydrogen-bond donors (Lipinski definition) is 2. The van der Waals surface area contributed by atoms with E-state index in [1.165, 1.54) is 0 Å². The van der Waals surface area contributed by atoms with Crippen molar-refractivity contribution in [3.63, 3.8) is 0 Å². The van der Waals surface area contributed by atoms with Gasteiger partial charge in [-0.25, -0.2) is 13.1 Å². The molecular weight excluding hydrogens is 200 g/mol. The SMILES string of the molecule is NCCCCNS(=O)(=O)C1CCCC1. The highest BCUT2D eigenvalue weighted by Crippen LogP contribution is 2.23. The first-order valence-corrected chi connectivity index (χ1v) is 6.90. The molecule has 0 aromatic heterocycles. The summed E-state index contributed by atoms with van der Waals surface area (Å²) in [5.74, 6) is 0. The highest BCUT2D eigenvalue weighted by atomic mass is 32.2. The molecule has 0 saturated heterocycles. The fourth-order valence-corrected chi connectivity index (χ4v) is 3.42. The molecule has 0 spiro atoms. The third kappa shape index (κ3) is 3.55. The summed E-state index contributed by atoms with van der Waals surface area (Å²) in [5, 5.41) is -0.139. The van der Waals surface area contributed by atoms with Crippen molar-refractivity contribution in [2.75, 3.05) is 13.1 Å². The Hall–Kier alpha value is -0.130. The van der Waals surface area contributed by atoms with Crippen LogP contribution >= 0.6 is 0 Å². The maximum absolute atomic E-state index is 11.7. The Balaban J connectivity index is 2.26. The van der Waals surface area contributed by atoms with Crippen LogP contribution in [0.3, 0.4) is 0 Å². The zero-order valence-corrected chi connectivity index (χ0v) is 9.35. The van der Waals surface area contributed by atoms with Gasteiger partial charge in [0.1, 0.15) is 0 Å². The lowest BCUT2D eigenvalue weighted by Crippen LogP contribution is -2.33. The van der Waals surface area contributed by atoms with Gasteiger partial charge < -0.3 is 5.73 Å². The monoisotopic (exact) mass is 220 g/mol. The molecule has 14 heavy (non-hydrogen) atoms. The minimum atomic E-state index is -3.03. The summed E-state index contributed by atoms with van der Waals surface area (Å²) in [7, 11) is -3.03. The molecular formula is C9H20N2O2S. The van der Waals surface area contributed by atoms with Crippen LogP contribution in [0, 0.1) is 0 Å². The highest BCUT2D eigenvalue weighted by molar-refractivity contribution is 7.90. The molecule has 3 N–H and O–H groups in total. The van der Waals surface area contributed by atoms with E-state index in [0.29, 0.717) is 13.1 Å². The summed E-state index contributed by atoms with van der Waals surface area (Å²) in [6.07, 6.45) is 5.47. The van der Waals surface area contributed by atoms with Gasteiger partial charge in [-0.1, -0.05) is 12.8 Å². The van der Waals surface area contributed by atoms with Crippen molar-refractivity contribution in [1.29, 1.82) is 0 Å². The van der Waals surface area contributed by atoms with Gasteiger partial charge in [0.25, 0.3) is 0 Å². The van der Waals surface area contributed by atoms with E-state index in [2.05, 4.69) is 4.72 Å².